The number of aryl methyl sites for hydroxylation is 1. The van der Waals surface area contributed by atoms with E-state index in [9.17, 15) is 18.4 Å². The standard InChI is InChI=1S/C25H27F2N3O2S/c1-17(2)30(25(32)28-22-6-4-5-21(27)13-22)16-24(31)29(15-23-18(3)11-12-33-23)14-19-7-9-20(26)10-8-19/h4-13,17H,14-16H2,1-3H3,(H,28,32). The molecule has 0 unspecified atom stereocenters. The highest BCUT2D eigenvalue weighted by Gasteiger charge is 2.24. The number of carbonyl (C=O) groups is 2. The highest BCUT2D eigenvalue weighted by Crippen LogP contribution is 2.20. The minimum Gasteiger partial charge on any atom is -0.332 e. The fraction of sp³-hybridized carbons (Fsp3) is 0.280. The number of nitrogens with one attached hydrogen (secondary N) is 1. The summed E-state index contributed by atoms with van der Waals surface area (Å²) in [5.74, 6) is -1.04. The molecule has 3 amide bonds. The van der Waals surface area contributed by atoms with Gasteiger partial charge in [-0.05, 0) is 73.7 Å². The van der Waals surface area contributed by atoms with Crippen molar-refractivity contribution in [3.63, 3.8) is 0 Å². The van der Waals surface area contributed by atoms with E-state index in [1.807, 2.05) is 32.2 Å². The second kappa shape index (κ2) is 11.0. The van der Waals surface area contributed by atoms with Crippen molar-refractivity contribution < 1.29 is 18.4 Å². The van der Waals surface area contributed by atoms with Crippen LogP contribution in [-0.4, -0.2) is 34.3 Å². The van der Waals surface area contributed by atoms with Crippen LogP contribution in [0.1, 0.15) is 29.9 Å². The molecule has 0 radical (unpaired) electrons. The van der Waals surface area contributed by atoms with Crippen molar-refractivity contribution in [1.29, 1.82) is 0 Å². The Hall–Kier alpha value is -3.26. The van der Waals surface area contributed by atoms with Crippen molar-refractivity contribution in [2.24, 2.45) is 0 Å². The molecule has 0 atom stereocenters. The first-order valence-electron chi connectivity index (χ1n) is 10.6. The van der Waals surface area contributed by atoms with E-state index in [0.29, 0.717) is 12.2 Å². The number of benzene rings is 2. The largest absolute Gasteiger partial charge is 0.332 e. The molecular formula is C25H27F2N3O2S. The van der Waals surface area contributed by atoms with E-state index in [1.165, 1.54) is 35.2 Å². The van der Waals surface area contributed by atoms with Gasteiger partial charge in [-0.1, -0.05) is 18.2 Å². The maximum atomic E-state index is 13.5. The summed E-state index contributed by atoms with van der Waals surface area (Å²) in [7, 11) is 0. The summed E-state index contributed by atoms with van der Waals surface area (Å²) in [5, 5.41) is 4.63. The Bertz CT molecular complexity index is 1100. The molecule has 3 aromatic rings. The predicted molar refractivity (Wildman–Crippen MR) is 127 cm³/mol. The van der Waals surface area contributed by atoms with Gasteiger partial charge in [0.1, 0.15) is 18.2 Å². The molecule has 33 heavy (non-hydrogen) atoms. The van der Waals surface area contributed by atoms with Gasteiger partial charge in [0.2, 0.25) is 5.91 Å². The number of amides is 3. The average Bonchev–Trinajstić information content (AvgIpc) is 3.17. The summed E-state index contributed by atoms with van der Waals surface area (Å²) < 4.78 is 26.8. The quantitative estimate of drug-likeness (QED) is 0.451. The van der Waals surface area contributed by atoms with Gasteiger partial charge in [0.15, 0.2) is 0 Å². The molecule has 0 fully saturated rings. The van der Waals surface area contributed by atoms with Crippen LogP contribution in [-0.2, 0) is 17.9 Å². The molecule has 1 heterocycles. The second-order valence-electron chi connectivity index (χ2n) is 8.07. The van der Waals surface area contributed by atoms with Crippen LogP contribution in [0.2, 0.25) is 0 Å². The predicted octanol–water partition coefficient (Wildman–Crippen LogP) is 5.81. The molecule has 8 heteroatoms. The lowest BCUT2D eigenvalue weighted by Crippen LogP contribution is -2.47. The van der Waals surface area contributed by atoms with Crippen molar-refractivity contribution in [3.8, 4) is 0 Å². The minimum atomic E-state index is -0.488. The average molecular weight is 472 g/mol. The Kier molecular flexibility index (Phi) is 8.16. The van der Waals surface area contributed by atoms with E-state index in [1.54, 1.807) is 34.4 Å². The van der Waals surface area contributed by atoms with E-state index in [4.69, 9.17) is 0 Å². The molecular weight excluding hydrogens is 444 g/mol. The highest BCUT2D eigenvalue weighted by atomic mass is 32.1. The van der Waals surface area contributed by atoms with Crippen LogP contribution >= 0.6 is 11.3 Å². The van der Waals surface area contributed by atoms with E-state index in [-0.39, 0.29) is 30.9 Å². The first kappa shape index (κ1) is 24.4. The maximum absolute atomic E-state index is 13.5. The number of halogens is 2. The molecule has 174 valence electrons. The number of urea groups is 1. The van der Waals surface area contributed by atoms with Gasteiger partial charge in [0.25, 0.3) is 0 Å². The van der Waals surface area contributed by atoms with E-state index in [0.717, 1.165) is 16.0 Å². The third kappa shape index (κ3) is 6.86. The Morgan fingerprint density at radius 1 is 1.00 bits per heavy atom. The van der Waals surface area contributed by atoms with Gasteiger partial charge in [-0.15, -0.1) is 11.3 Å². The first-order chi connectivity index (χ1) is 15.7. The molecule has 0 aliphatic heterocycles. The third-order valence-corrected chi connectivity index (χ3v) is 6.22. The Morgan fingerprint density at radius 3 is 2.33 bits per heavy atom. The summed E-state index contributed by atoms with van der Waals surface area (Å²) in [6, 6.07) is 12.9. The Morgan fingerprint density at radius 2 is 1.73 bits per heavy atom. The van der Waals surface area contributed by atoms with Crippen LogP contribution in [0, 0.1) is 18.6 Å². The first-order valence-corrected chi connectivity index (χ1v) is 11.5. The Balaban J connectivity index is 1.77. The molecule has 0 saturated carbocycles. The lowest BCUT2D eigenvalue weighted by molar-refractivity contribution is -0.133. The lowest BCUT2D eigenvalue weighted by atomic mass is 10.2. The van der Waals surface area contributed by atoms with Gasteiger partial charge in [-0.3, -0.25) is 4.79 Å². The molecule has 3 rings (SSSR count). The van der Waals surface area contributed by atoms with Crippen LogP contribution in [0.25, 0.3) is 0 Å². The van der Waals surface area contributed by atoms with Gasteiger partial charge in [-0.2, -0.15) is 0 Å². The fourth-order valence-corrected chi connectivity index (χ4v) is 4.20. The number of anilines is 1. The zero-order valence-corrected chi connectivity index (χ0v) is 19.7. The van der Waals surface area contributed by atoms with Crippen LogP contribution < -0.4 is 5.32 Å². The minimum absolute atomic E-state index is 0.148. The van der Waals surface area contributed by atoms with Crippen LogP contribution in [0.4, 0.5) is 19.3 Å². The van der Waals surface area contributed by atoms with E-state index in [2.05, 4.69) is 5.32 Å². The number of hydrogen-bond acceptors (Lipinski definition) is 3. The monoisotopic (exact) mass is 471 g/mol. The lowest BCUT2D eigenvalue weighted by Gasteiger charge is -2.30. The summed E-state index contributed by atoms with van der Waals surface area (Å²) in [6.45, 7) is 6.13. The normalized spacial score (nSPS) is 10.8. The number of thiophene rings is 1. The highest BCUT2D eigenvalue weighted by molar-refractivity contribution is 7.10. The molecule has 5 nitrogen and oxygen atoms in total. The number of nitrogens with zero attached hydrogens (tertiary/aromatic N) is 2. The van der Waals surface area contributed by atoms with Gasteiger partial charge < -0.3 is 15.1 Å². The smallest absolute Gasteiger partial charge is 0.322 e. The number of hydrogen-bond donors (Lipinski definition) is 1. The SMILES string of the molecule is Cc1ccsc1CN(Cc1ccc(F)cc1)C(=O)CN(C(=O)Nc1cccc(F)c1)C(C)C. The van der Waals surface area contributed by atoms with Crippen LogP contribution in [0.15, 0.2) is 60.0 Å². The molecule has 0 aliphatic rings. The molecule has 0 saturated heterocycles. The van der Waals surface area contributed by atoms with Crippen molar-refractivity contribution >= 4 is 29.0 Å². The van der Waals surface area contributed by atoms with Crippen molar-refractivity contribution in [2.75, 3.05) is 11.9 Å². The second-order valence-corrected chi connectivity index (χ2v) is 9.07. The number of carbonyl (C=O) groups excluding carboxylic acids is 2. The van der Waals surface area contributed by atoms with E-state index < -0.39 is 11.8 Å². The Labute approximate surface area is 196 Å². The summed E-state index contributed by atoms with van der Waals surface area (Å²) in [5.41, 5.74) is 2.19. The number of rotatable bonds is 8. The van der Waals surface area contributed by atoms with Crippen molar-refractivity contribution in [2.45, 2.75) is 39.9 Å². The maximum Gasteiger partial charge on any atom is 0.322 e. The fourth-order valence-electron chi connectivity index (χ4n) is 3.28. The third-order valence-electron chi connectivity index (χ3n) is 5.21. The van der Waals surface area contributed by atoms with Gasteiger partial charge in [-0.25, -0.2) is 13.6 Å². The molecule has 2 aromatic carbocycles. The summed E-state index contributed by atoms with van der Waals surface area (Å²) in [4.78, 5) is 30.3. The van der Waals surface area contributed by atoms with Crippen molar-refractivity contribution in [1.82, 2.24) is 9.80 Å². The molecule has 1 aromatic heterocycles. The van der Waals surface area contributed by atoms with Gasteiger partial charge in [0, 0.05) is 23.2 Å². The molecule has 0 spiro atoms. The zero-order valence-electron chi connectivity index (χ0n) is 18.8. The zero-order chi connectivity index (χ0) is 24.0. The van der Waals surface area contributed by atoms with Crippen molar-refractivity contribution in [3.05, 3.63) is 87.6 Å². The topological polar surface area (TPSA) is 52.7 Å². The molecule has 0 aliphatic carbocycles. The van der Waals surface area contributed by atoms with E-state index >= 15 is 0 Å². The van der Waals surface area contributed by atoms with Gasteiger partial charge in [0.05, 0.1) is 6.54 Å². The molecule has 1 N–H and O–H groups in total. The summed E-state index contributed by atoms with van der Waals surface area (Å²) in [6.07, 6.45) is 0. The van der Waals surface area contributed by atoms with Crippen LogP contribution in [0.3, 0.4) is 0 Å². The summed E-state index contributed by atoms with van der Waals surface area (Å²) >= 11 is 1.56. The molecule has 0 bridgehead atoms. The van der Waals surface area contributed by atoms with Crippen LogP contribution in [0.5, 0.6) is 0 Å². The van der Waals surface area contributed by atoms with Gasteiger partial charge >= 0.3 is 6.03 Å².